The van der Waals surface area contributed by atoms with E-state index in [4.69, 9.17) is 11.6 Å². The van der Waals surface area contributed by atoms with Crippen molar-refractivity contribution in [3.8, 4) is 0 Å². The van der Waals surface area contributed by atoms with Crippen molar-refractivity contribution in [2.24, 2.45) is 5.92 Å². The monoisotopic (exact) mass is 329 g/mol. The lowest BCUT2D eigenvalue weighted by molar-refractivity contribution is -0.144. The van der Waals surface area contributed by atoms with E-state index in [9.17, 15) is 9.90 Å². The number of hydrogen-bond donors (Lipinski definition) is 1. The van der Waals surface area contributed by atoms with Gasteiger partial charge in [0.15, 0.2) is 0 Å². The van der Waals surface area contributed by atoms with E-state index < -0.39 is 5.97 Å². The van der Waals surface area contributed by atoms with E-state index in [2.05, 4.69) is 17.0 Å². The average Bonchev–Trinajstić information content (AvgIpc) is 2.56. The minimum Gasteiger partial charge on any atom is -0.481 e. The average molecular weight is 330 g/mol. The van der Waals surface area contributed by atoms with Crippen molar-refractivity contribution >= 4 is 17.6 Å². The first-order valence-electron chi connectivity index (χ1n) is 7.88. The summed E-state index contributed by atoms with van der Waals surface area (Å²) in [5.74, 6) is -1.03. The Morgan fingerprint density at radius 3 is 2.48 bits per heavy atom. The lowest BCUT2D eigenvalue weighted by atomic mass is 9.80. The Morgan fingerprint density at radius 1 is 1.13 bits per heavy atom. The highest BCUT2D eigenvalue weighted by atomic mass is 35.5. The van der Waals surface area contributed by atoms with Crippen LogP contribution in [0.2, 0.25) is 5.02 Å². The first kappa shape index (κ1) is 16.0. The van der Waals surface area contributed by atoms with E-state index >= 15 is 0 Å². The fourth-order valence-corrected chi connectivity index (χ4v) is 3.47. The smallest absolute Gasteiger partial charge is 0.307 e. The van der Waals surface area contributed by atoms with Crippen LogP contribution in [-0.4, -0.2) is 29.1 Å². The maximum Gasteiger partial charge on any atom is 0.307 e. The molecule has 1 saturated heterocycles. The van der Waals surface area contributed by atoms with Crippen molar-refractivity contribution in [3.63, 3.8) is 0 Å². The molecule has 4 heteroatoms. The maximum atomic E-state index is 11.6. The molecule has 3 rings (SSSR count). The van der Waals surface area contributed by atoms with Crippen LogP contribution in [0.3, 0.4) is 0 Å². The van der Waals surface area contributed by atoms with Crippen LogP contribution in [0.25, 0.3) is 0 Å². The van der Waals surface area contributed by atoms with E-state index in [1.807, 2.05) is 42.5 Å². The molecule has 2 atom stereocenters. The Balaban J connectivity index is 1.78. The van der Waals surface area contributed by atoms with Crippen LogP contribution in [-0.2, 0) is 11.3 Å². The second-order valence-corrected chi connectivity index (χ2v) is 6.55. The maximum absolute atomic E-state index is 11.6. The zero-order valence-electron chi connectivity index (χ0n) is 12.9. The highest BCUT2D eigenvalue weighted by Crippen LogP contribution is 2.33. The van der Waals surface area contributed by atoms with Gasteiger partial charge in [-0.3, -0.25) is 9.69 Å². The Labute approximate surface area is 141 Å². The van der Waals surface area contributed by atoms with Crippen molar-refractivity contribution in [2.75, 3.05) is 13.1 Å². The summed E-state index contributed by atoms with van der Waals surface area (Å²) >= 11 is 5.96. The molecule has 0 aliphatic carbocycles. The van der Waals surface area contributed by atoms with Crippen LogP contribution in [0.1, 0.15) is 23.5 Å². The summed E-state index contributed by atoms with van der Waals surface area (Å²) in [4.78, 5) is 14.0. The molecule has 120 valence electrons. The predicted molar refractivity (Wildman–Crippen MR) is 91.7 cm³/mol. The Bertz CT molecular complexity index is 657. The van der Waals surface area contributed by atoms with Crippen LogP contribution < -0.4 is 0 Å². The first-order valence-corrected chi connectivity index (χ1v) is 8.26. The van der Waals surface area contributed by atoms with Gasteiger partial charge >= 0.3 is 5.97 Å². The summed E-state index contributed by atoms with van der Waals surface area (Å²) in [5.41, 5.74) is 2.32. The van der Waals surface area contributed by atoms with Gasteiger partial charge < -0.3 is 5.11 Å². The second kappa shape index (κ2) is 7.16. The quantitative estimate of drug-likeness (QED) is 0.920. The first-order chi connectivity index (χ1) is 11.1. The number of benzene rings is 2. The number of aliphatic carboxylic acids is 1. The van der Waals surface area contributed by atoms with Gasteiger partial charge in [0, 0.05) is 24.0 Å². The van der Waals surface area contributed by atoms with Gasteiger partial charge in [-0.25, -0.2) is 0 Å². The molecule has 0 radical (unpaired) electrons. The van der Waals surface area contributed by atoms with Gasteiger partial charge in [0.1, 0.15) is 0 Å². The van der Waals surface area contributed by atoms with E-state index in [1.54, 1.807) is 0 Å². The molecular formula is C19H20ClNO2. The minimum atomic E-state index is -0.704. The highest BCUT2D eigenvalue weighted by Gasteiger charge is 2.34. The van der Waals surface area contributed by atoms with Crippen molar-refractivity contribution < 1.29 is 9.90 Å². The predicted octanol–water partition coefficient (Wildman–Crippen LogP) is 4.03. The molecule has 1 aliphatic heterocycles. The summed E-state index contributed by atoms with van der Waals surface area (Å²) in [6.45, 7) is 2.43. The normalized spacial score (nSPS) is 22.0. The molecule has 1 fully saturated rings. The Hall–Kier alpha value is -1.84. The molecule has 1 heterocycles. The molecule has 3 nitrogen and oxygen atoms in total. The molecule has 0 aromatic heterocycles. The molecule has 0 spiro atoms. The van der Waals surface area contributed by atoms with E-state index in [1.165, 1.54) is 5.56 Å². The van der Waals surface area contributed by atoms with Crippen molar-refractivity contribution in [2.45, 2.75) is 18.9 Å². The number of piperidine rings is 1. The third-order valence-corrected chi connectivity index (χ3v) is 4.81. The molecule has 23 heavy (non-hydrogen) atoms. The zero-order chi connectivity index (χ0) is 16.2. The van der Waals surface area contributed by atoms with Gasteiger partial charge in [0.25, 0.3) is 0 Å². The minimum absolute atomic E-state index is 0.00206. The van der Waals surface area contributed by atoms with E-state index in [0.717, 1.165) is 25.2 Å². The molecule has 0 amide bonds. The number of rotatable bonds is 4. The lowest BCUT2D eigenvalue weighted by Gasteiger charge is -2.37. The van der Waals surface area contributed by atoms with Crippen LogP contribution in [0.15, 0.2) is 54.6 Å². The van der Waals surface area contributed by atoms with Crippen molar-refractivity contribution in [3.05, 3.63) is 70.7 Å². The van der Waals surface area contributed by atoms with E-state index in [0.29, 0.717) is 11.4 Å². The lowest BCUT2D eigenvalue weighted by Crippen LogP contribution is -2.41. The van der Waals surface area contributed by atoms with Crippen molar-refractivity contribution in [1.29, 1.82) is 0 Å². The number of carboxylic acid groups (broad SMARTS) is 1. The van der Waals surface area contributed by atoms with Gasteiger partial charge in [-0.05, 0) is 36.2 Å². The van der Waals surface area contributed by atoms with Crippen LogP contribution in [0.4, 0.5) is 0 Å². The molecule has 2 aromatic rings. The molecule has 0 saturated carbocycles. The summed E-state index contributed by atoms with van der Waals surface area (Å²) in [7, 11) is 0. The zero-order valence-corrected chi connectivity index (χ0v) is 13.6. The van der Waals surface area contributed by atoms with Crippen molar-refractivity contribution in [1.82, 2.24) is 4.90 Å². The fraction of sp³-hybridized carbons (Fsp3) is 0.316. The number of halogens is 1. The summed E-state index contributed by atoms with van der Waals surface area (Å²) in [5, 5.41) is 10.2. The largest absolute Gasteiger partial charge is 0.481 e. The standard InChI is InChI=1S/C19H20ClNO2/c20-16-8-6-15(7-9-16)18-13-21(11-10-17(18)19(22)23)12-14-4-2-1-3-5-14/h1-9,17-18H,10-13H2,(H,22,23)/t17-,18-/m0/s1. The van der Waals surface area contributed by atoms with E-state index in [-0.39, 0.29) is 11.8 Å². The number of carbonyl (C=O) groups is 1. The van der Waals surface area contributed by atoms with Gasteiger partial charge in [-0.2, -0.15) is 0 Å². The number of nitrogens with zero attached hydrogens (tertiary/aromatic N) is 1. The topological polar surface area (TPSA) is 40.5 Å². The number of carboxylic acids is 1. The second-order valence-electron chi connectivity index (χ2n) is 6.11. The third-order valence-electron chi connectivity index (χ3n) is 4.56. The third kappa shape index (κ3) is 3.92. The van der Waals surface area contributed by atoms with Gasteiger partial charge in [-0.1, -0.05) is 54.1 Å². The highest BCUT2D eigenvalue weighted by molar-refractivity contribution is 6.30. The van der Waals surface area contributed by atoms with Gasteiger partial charge in [0.2, 0.25) is 0 Å². The number of hydrogen-bond acceptors (Lipinski definition) is 2. The molecule has 0 unspecified atom stereocenters. The van der Waals surface area contributed by atoms with Crippen LogP contribution in [0, 0.1) is 5.92 Å². The molecular weight excluding hydrogens is 310 g/mol. The molecule has 2 aromatic carbocycles. The molecule has 1 aliphatic rings. The van der Waals surface area contributed by atoms with Crippen LogP contribution >= 0.6 is 11.6 Å². The summed E-state index contributed by atoms with van der Waals surface area (Å²) < 4.78 is 0. The van der Waals surface area contributed by atoms with Gasteiger partial charge in [0.05, 0.1) is 5.92 Å². The Morgan fingerprint density at radius 2 is 1.83 bits per heavy atom. The Kier molecular flexibility index (Phi) is 4.99. The molecule has 1 N–H and O–H groups in total. The SMILES string of the molecule is O=C(O)[C@H]1CCN(Cc2ccccc2)C[C@H]1c1ccc(Cl)cc1. The van der Waals surface area contributed by atoms with Crippen LogP contribution in [0.5, 0.6) is 0 Å². The van der Waals surface area contributed by atoms with Gasteiger partial charge in [-0.15, -0.1) is 0 Å². The fourth-order valence-electron chi connectivity index (χ4n) is 3.35. The number of likely N-dealkylation sites (tertiary alicyclic amines) is 1. The molecule has 0 bridgehead atoms. The summed E-state index contributed by atoms with van der Waals surface area (Å²) in [6, 6.07) is 17.9. The summed E-state index contributed by atoms with van der Waals surface area (Å²) in [6.07, 6.45) is 0.676.